The van der Waals surface area contributed by atoms with Crippen molar-refractivity contribution in [3.63, 3.8) is 0 Å². The number of halogens is 4. The van der Waals surface area contributed by atoms with Crippen molar-refractivity contribution < 1.29 is 27.1 Å². The van der Waals surface area contributed by atoms with Crippen molar-refractivity contribution in [3.8, 4) is 0 Å². The van der Waals surface area contributed by atoms with Crippen LogP contribution in [0, 0.1) is 5.82 Å². The van der Waals surface area contributed by atoms with Gasteiger partial charge in [-0.25, -0.2) is 9.18 Å². The summed E-state index contributed by atoms with van der Waals surface area (Å²) in [5, 5.41) is 3.29. The lowest BCUT2D eigenvalue weighted by Gasteiger charge is -2.50. The third-order valence-corrected chi connectivity index (χ3v) is 5.47. The number of carbonyl (C=O) groups excluding carboxylic acids is 1. The molecule has 1 atom stereocenters. The normalized spacial score (nSPS) is 22.0. The first-order valence-electron chi connectivity index (χ1n) is 8.74. The zero-order valence-corrected chi connectivity index (χ0v) is 14.5. The number of carbonyl (C=O) groups is 1. The molecule has 1 amide bonds. The molecule has 0 unspecified atom stereocenters. The van der Waals surface area contributed by atoms with Crippen LogP contribution in [-0.2, 0) is 16.5 Å². The van der Waals surface area contributed by atoms with E-state index in [0.717, 1.165) is 37.9 Å². The van der Waals surface area contributed by atoms with Crippen LogP contribution in [0.1, 0.15) is 43.2 Å². The number of ether oxygens (including phenoxy) is 1. The maximum atomic E-state index is 13.7. The van der Waals surface area contributed by atoms with Crippen LogP contribution in [0.15, 0.2) is 18.2 Å². The molecule has 26 heavy (non-hydrogen) atoms. The highest BCUT2D eigenvalue weighted by Crippen LogP contribution is 2.48. The lowest BCUT2D eigenvalue weighted by Crippen LogP contribution is -2.57. The number of benzene rings is 1. The van der Waals surface area contributed by atoms with E-state index >= 15 is 0 Å². The molecule has 3 rings (SSSR count). The van der Waals surface area contributed by atoms with E-state index in [1.54, 1.807) is 0 Å². The molecule has 4 nitrogen and oxygen atoms in total. The number of hydrogen-bond donors (Lipinski definition) is 1. The number of rotatable bonds is 4. The number of nitrogens with one attached hydrogen (secondary N) is 1. The maximum absolute atomic E-state index is 13.7. The van der Waals surface area contributed by atoms with E-state index in [2.05, 4.69) is 5.32 Å². The Bertz CT molecular complexity index is 668. The fourth-order valence-corrected chi connectivity index (χ4v) is 3.93. The Morgan fingerprint density at radius 3 is 2.58 bits per heavy atom. The number of hydrogen-bond acceptors (Lipinski definition) is 3. The molecule has 0 aromatic heterocycles. The van der Waals surface area contributed by atoms with Gasteiger partial charge in [0.05, 0.1) is 18.2 Å². The largest absolute Gasteiger partial charge is 0.453 e. The summed E-state index contributed by atoms with van der Waals surface area (Å²) in [4.78, 5) is 14.0. The van der Waals surface area contributed by atoms with Crippen LogP contribution in [0.25, 0.3) is 0 Å². The first-order chi connectivity index (χ1) is 12.3. The Hall–Kier alpha value is -1.83. The Morgan fingerprint density at radius 2 is 2.08 bits per heavy atom. The summed E-state index contributed by atoms with van der Waals surface area (Å²) in [5.41, 5.74) is -1.88. The minimum absolute atomic E-state index is 0.0779. The van der Waals surface area contributed by atoms with Gasteiger partial charge in [0, 0.05) is 12.6 Å². The quantitative estimate of drug-likeness (QED) is 0.809. The summed E-state index contributed by atoms with van der Waals surface area (Å²) >= 11 is 0. The van der Waals surface area contributed by atoms with Crippen LogP contribution < -0.4 is 5.32 Å². The first-order valence-corrected chi connectivity index (χ1v) is 8.74. The van der Waals surface area contributed by atoms with E-state index in [9.17, 15) is 22.4 Å². The number of amides is 1. The van der Waals surface area contributed by atoms with Crippen LogP contribution >= 0.6 is 0 Å². The fourth-order valence-electron chi connectivity index (χ4n) is 3.93. The smallest absolute Gasteiger partial charge is 0.419 e. The van der Waals surface area contributed by atoms with Crippen LogP contribution in [0.5, 0.6) is 0 Å². The van der Waals surface area contributed by atoms with Gasteiger partial charge in [0.15, 0.2) is 0 Å². The highest BCUT2D eigenvalue weighted by Gasteiger charge is 2.48. The number of methoxy groups -OCH3 is 1. The molecule has 1 aromatic rings. The highest BCUT2D eigenvalue weighted by molar-refractivity contribution is 5.69. The van der Waals surface area contributed by atoms with Gasteiger partial charge >= 0.3 is 12.3 Å². The summed E-state index contributed by atoms with van der Waals surface area (Å²) in [6.45, 7) is 1.20. The molecule has 1 heterocycles. The summed E-state index contributed by atoms with van der Waals surface area (Å²) in [6, 6.07) is 3.10. The van der Waals surface area contributed by atoms with Crippen LogP contribution in [0.2, 0.25) is 0 Å². The van der Waals surface area contributed by atoms with Gasteiger partial charge in [-0.05, 0) is 56.3 Å². The fraction of sp³-hybridized carbons (Fsp3) is 0.611. The topological polar surface area (TPSA) is 41.6 Å². The van der Waals surface area contributed by atoms with Gasteiger partial charge in [-0.15, -0.1) is 0 Å². The van der Waals surface area contributed by atoms with E-state index in [0.29, 0.717) is 24.9 Å². The molecule has 1 N–H and O–H groups in total. The molecule has 8 heteroatoms. The van der Waals surface area contributed by atoms with Crippen molar-refractivity contribution in [3.05, 3.63) is 35.1 Å². The third-order valence-electron chi connectivity index (χ3n) is 5.47. The van der Waals surface area contributed by atoms with Gasteiger partial charge in [0.25, 0.3) is 0 Å². The van der Waals surface area contributed by atoms with Gasteiger partial charge in [0.2, 0.25) is 0 Å². The van der Waals surface area contributed by atoms with E-state index in [1.165, 1.54) is 18.1 Å². The lowest BCUT2D eigenvalue weighted by molar-refractivity contribution is -0.140. The Kier molecular flexibility index (Phi) is 5.14. The molecule has 1 saturated heterocycles. The molecule has 0 spiro atoms. The van der Waals surface area contributed by atoms with E-state index in [4.69, 9.17) is 4.74 Å². The van der Waals surface area contributed by atoms with Crippen molar-refractivity contribution in [2.75, 3.05) is 20.2 Å². The standard InChI is InChI=1S/C18H22F4N2O2/c1-26-16(25)24(11-13-4-2-9-23-13)17(7-3-8-17)12-5-6-15(19)14(10-12)18(20,21)22/h5-6,10,13,23H,2-4,7-9,11H2,1H3/t13-/m1/s1. The Morgan fingerprint density at radius 1 is 1.35 bits per heavy atom. The van der Waals surface area contributed by atoms with E-state index < -0.39 is 29.2 Å². The molecule has 1 aliphatic heterocycles. The zero-order valence-electron chi connectivity index (χ0n) is 14.5. The van der Waals surface area contributed by atoms with Crippen LogP contribution in [0.4, 0.5) is 22.4 Å². The van der Waals surface area contributed by atoms with Crippen molar-refractivity contribution in [2.45, 2.75) is 49.9 Å². The Balaban J connectivity index is 1.99. The second-order valence-corrected chi connectivity index (χ2v) is 6.95. The Labute approximate surface area is 149 Å². The van der Waals surface area contributed by atoms with Gasteiger partial charge in [-0.3, -0.25) is 4.90 Å². The lowest BCUT2D eigenvalue weighted by atomic mass is 9.70. The number of alkyl halides is 3. The predicted molar refractivity (Wildman–Crippen MR) is 87.1 cm³/mol. The molecule has 1 aromatic carbocycles. The minimum Gasteiger partial charge on any atom is -0.453 e. The minimum atomic E-state index is -4.78. The summed E-state index contributed by atoms with van der Waals surface area (Å²) < 4.78 is 58.0. The highest BCUT2D eigenvalue weighted by atomic mass is 19.4. The van der Waals surface area contributed by atoms with Crippen molar-refractivity contribution >= 4 is 6.09 Å². The third kappa shape index (κ3) is 3.39. The number of nitrogens with zero attached hydrogens (tertiary/aromatic N) is 1. The molecule has 1 aliphatic carbocycles. The summed E-state index contributed by atoms with van der Waals surface area (Å²) in [7, 11) is 1.26. The van der Waals surface area contributed by atoms with Crippen LogP contribution in [0.3, 0.4) is 0 Å². The molecule has 2 fully saturated rings. The first kappa shape index (κ1) is 18.9. The van der Waals surface area contributed by atoms with Crippen LogP contribution in [-0.4, -0.2) is 37.2 Å². The average molecular weight is 374 g/mol. The predicted octanol–water partition coefficient (Wildman–Crippen LogP) is 4.04. The van der Waals surface area contributed by atoms with Gasteiger partial charge in [-0.2, -0.15) is 13.2 Å². The SMILES string of the molecule is COC(=O)N(C[C@H]1CCCN1)C1(c2ccc(F)c(C(F)(F)F)c2)CCC1. The van der Waals surface area contributed by atoms with E-state index in [-0.39, 0.29) is 6.04 Å². The maximum Gasteiger partial charge on any atom is 0.419 e. The van der Waals surface area contributed by atoms with E-state index in [1.807, 2.05) is 0 Å². The molecular weight excluding hydrogens is 352 g/mol. The zero-order chi connectivity index (χ0) is 18.9. The van der Waals surface area contributed by atoms with Crippen molar-refractivity contribution in [1.82, 2.24) is 10.2 Å². The molecule has 2 aliphatic rings. The van der Waals surface area contributed by atoms with Crippen molar-refractivity contribution in [2.24, 2.45) is 0 Å². The second kappa shape index (κ2) is 7.06. The molecule has 0 radical (unpaired) electrons. The monoisotopic (exact) mass is 374 g/mol. The molecule has 1 saturated carbocycles. The molecular formula is C18H22F4N2O2. The second-order valence-electron chi connectivity index (χ2n) is 6.95. The van der Waals surface area contributed by atoms with Gasteiger partial charge in [0.1, 0.15) is 5.82 Å². The molecule has 0 bridgehead atoms. The molecule has 144 valence electrons. The average Bonchev–Trinajstić information content (AvgIpc) is 3.05. The van der Waals surface area contributed by atoms with Gasteiger partial charge < -0.3 is 10.1 Å². The summed E-state index contributed by atoms with van der Waals surface area (Å²) in [6.07, 6.45) is -1.65. The van der Waals surface area contributed by atoms with Crippen molar-refractivity contribution in [1.29, 1.82) is 0 Å². The summed E-state index contributed by atoms with van der Waals surface area (Å²) in [5.74, 6) is -1.31. The van der Waals surface area contributed by atoms with Gasteiger partial charge in [-0.1, -0.05) is 6.07 Å².